The van der Waals surface area contributed by atoms with E-state index in [1.54, 1.807) is 36.4 Å². The molecule has 180 valence electrons. The first-order valence-electron chi connectivity index (χ1n) is 11.4. The molecule has 6 nitrogen and oxygen atoms in total. The highest BCUT2D eigenvalue weighted by molar-refractivity contribution is 9.10. The van der Waals surface area contributed by atoms with E-state index < -0.39 is 0 Å². The van der Waals surface area contributed by atoms with Crippen LogP contribution < -0.4 is 20.1 Å². The summed E-state index contributed by atoms with van der Waals surface area (Å²) < 4.78 is 12.9. The van der Waals surface area contributed by atoms with E-state index in [0.29, 0.717) is 43.9 Å². The molecule has 0 fully saturated rings. The number of hydrogen-bond donors (Lipinski definition) is 2. The van der Waals surface area contributed by atoms with Gasteiger partial charge >= 0.3 is 0 Å². The molecule has 0 spiro atoms. The van der Waals surface area contributed by atoms with E-state index in [1.165, 1.54) is 0 Å². The minimum atomic E-state index is -0.162. The fourth-order valence-electron chi connectivity index (χ4n) is 2.87. The molecule has 8 heteroatoms. The van der Waals surface area contributed by atoms with Crippen LogP contribution in [0.15, 0.2) is 45.3 Å². The second kappa shape index (κ2) is 15.0. The number of amides is 2. The zero-order valence-electron chi connectivity index (χ0n) is 19.2. The maximum atomic E-state index is 12.4. The molecule has 2 aromatic carbocycles. The van der Waals surface area contributed by atoms with E-state index in [0.717, 1.165) is 46.1 Å². The lowest BCUT2D eigenvalue weighted by atomic mass is 10.2. The van der Waals surface area contributed by atoms with Crippen molar-refractivity contribution in [2.24, 2.45) is 0 Å². The summed E-state index contributed by atoms with van der Waals surface area (Å²) in [6, 6.07) is 10.6. The van der Waals surface area contributed by atoms with Gasteiger partial charge in [0.05, 0.1) is 22.2 Å². The minimum Gasteiger partial charge on any atom is -0.492 e. The van der Waals surface area contributed by atoms with E-state index >= 15 is 0 Å². The van der Waals surface area contributed by atoms with E-state index in [9.17, 15) is 9.59 Å². The van der Waals surface area contributed by atoms with E-state index in [2.05, 4.69) is 56.3 Å². The number of hydrogen-bond acceptors (Lipinski definition) is 4. The molecule has 0 aliphatic rings. The van der Waals surface area contributed by atoms with Crippen molar-refractivity contribution in [1.29, 1.82) is 0 Å². The van der Waals surface area contributed by atoms with Crippen LogP contribution in [0.25, 0.3) is 0 Å². The largest absolute Gasteiger partial charge is 0.492 e. The highest BCUT2D eigenvalue weighted by Crippen LogP contribution is 2.27. The smallest absolute Gasteiger partial charge is 0.251 e. The first-order chi connectivity index (χ1) is 16.0. The summed E-state index contributed by atoms with van der Waals surface area (Å²) in [5.41, 5.74) is 1.11. The SMILES string of the molecule is CCCCOc1ccc(C(=O)NCCCNC(=O)c2ccc(OCCCC)c(Br)c2)cc1Br. The average molecular weight is 584 g/mol. The molecular weight excluding hydrogens is 552 g/mol. The van der Waals surface area contributed by atoms with Crippen molar-refractivity contribution in [1.82, 2.24) is 10.6 Å². The Kier molecular flexibility index (Phi) is 12.3. The summed E-state index contributed by atoms with van der Waals surface area (Å²) in [6.07, 6.45) is 4.73. The minimum absolute atomic E-state index is 0.162. The Morgan fingerprint density at radius 3 is 1.52 bits per heavy atom. The van der Waals surface area contributed by atoms with Gasteiger partial charge in [0.1, 0.15) is 11.5 Å². The number of ether oxygens (including phenoxy) is 2. The predicted molar refractivity (Wildman–Crippen MR) is 138 cm³/mol. The molecule has 0 heterocycles. The normalized spacial score (nSPS) is 10.5. The fourth-order valence-corrected chi connectivity index (χ4v) is 3.85. The van der Waals surface area contributed by atoms with Gasteiger partial charge in [-0.3, -0.25) is 9.59 Å². The van der Waals surface area contributed by atoms with Crippen molar-refractivity contribution in [2.45, 2.75) is 46.0 Å². The lowest BCUT2D eigenvalue weighted by Crippen LogP contribution is -2.29. The zero-order chi connectivity index (χ0) is 24.1. The van der Waals surface area contributed by atoms with Gasteiger partial charge in [-0.05, 0) is 87.5 Å². The molecule has 0 atom stereocenters. The standard InChI is InChI=1S/C25H32Br2N2O4/c1-3-5-14-32-22-10-8-18(16-20(22)26)24(30)28-12-7-13-29-25(31)19-9-11-23(21(27)17-19)33-15-6-4-2/h8-11,16-17H,3-7,12-15H2,1-2H3,(H,28,30)(H,29,31). The third kappa shape index (κ3) is 9.37. The number of nitrogens with one attached hydrogen (secondary N) is 2. The molecule has 0 radical (unpaired) electrons. The Balaban J connectivity index is 1.72. The van der Waals surface area contributed by atoms with Crippen molar-refractivity contribution < 1.29 is 19.1 Å². The van der Waals surface area contributed by atoms with Crippen molar-refractivity contribution in [3.8, 4) is 11.5 Å². The summed E-state index contributed by atoms with van der Waals surface area (Å²) in [5, 5.41) is 5.75. The van der Waals surface area contributed by atoms with Gasteiger partial charge < -0.3 is 20.1 Å². The summed E-state index contributed by atoms with van der Waals surface area (Å²) in [7, 11) is 0. The molecule has 0 saturated heterocycles. The van der Waals surface area contributed by atoms with Crippen LogP contribution in [0.2, 0.25) is 0 Å². The molecular formula is C25H32Br2N2O4. The van der Waals surface area contributed by atoms with Gasteiger partial charge in [-0.2, -0.15) is 0 Å². The molecule has 0 saturated carbocycles. The van der Waals surface area contributed by atoms with Gasteiger partial charge in [0.2, 0.25) is 0 Å². The van der Waals surface area contributed by atoms with Gasteiger partial charge in [-0.15, -0.1) is 0 Å². The lowest BCUT2D eigenvalue weighted by Gasteiger charge is -2.11. The highest BCUT2D eigenvalue weighted by Gasteiger charge is 2.11. The van der Waals surface area contributed by atoms with Crippen LogP contribution in [0, 0.1) is 0 Å². The second-order valence-electron chi connectivity index (χ2n) is 7.56. The lowest BCUT2D eigenvalue weighted by molar-refractivity contribution is 0.0951. The number of halogens is 2. The van der Waals surface area contributed by atoms with Crippen molar-refractivity contribution in [2.75, 3.05) is 26.3 Å². The third-order valence-corrected chi connectivity index (χ3v) is 6.06. The monoisotopic (exact) mass is 582 g/mol. The van der Waals surface area contributed by atoms with Crippen LogP contribution in [0.3, 0.4) is 0 Å². The average Bonchev–Trinajstić information content (AvgIpc) is 2.80. The Bertz CT molecular complexity index is 848. The molecule has 2 rings (SSSR count). The van der Waals surface area contributed by atoms with Gasteiger partial charge in [-0.1, -0.05) is 26.7 Å². The number of carbonyl (C=O) groups excluding carboxylic acids is 2. The molecule has 0 aromatic heterocycles. The molecule has 2 amide bonds. The Morgan fingerprint density at radius 2 is 1.15 bits per heavy atom. The van der Waals surface area contributed by atoms with Gasteiger partial charge in [0.15, 0.2) is 0 Å². The Hall–Kier alpha value is -2.06. The maximum Gasteiger partial charge on any atom is 0.251 e. The van der Waals surface area contributed by atoms with Crippen molar-refractivity contribution in [3.05, 3.63) is 56.5 Å². The van der Waals surface area contributed by atoms with Crippen LogP contribution >= 0.6 is 31.9 Å². The highest BCUT2D eigenvalue weighted by atomic mass is 79.9. The van der Waals surface area contributed by atoms with E-state index in [-0.39, 0.29) is 11.8 Å². The molecule has 2 N–H and O–H groups in total. The summed E-state index contributed by atoms with van der Waals surface area (Å²) >= 11 is 6.92. The molecule has 0 unspecified atom stereocenters. The van der Waals surface area contributed by atoms with E-state index in [1.807, 2.05) is 0 Å². The maximum absolute atomic E-state index is 12.4. The molecule has 33 heavy (non-hydrogen) atoms. The Labute approximate surface area is 213 Å². The van der Waals surface area contributed by atoms with Gasteiger partial charge in [0.25, 0.3) is 11.8 Å². The first-order valence-corrected chi connectivity index (χ1v) is 13.0. The van der Waals surface area contributed by atoms with Crippen LogP contribution in [0.5, 0.6) is 11.5 Å². The summed E-state index contributed by atoms with van der Waals surface area (Å²) in [4.78, 5) is 24.7. The Morgan fingerprint density at radius 1 is 0.727 bits per heavy atom. The van der Waals surface area contributed by atoms with Crippen LogP contribution in [-0.2, 0) is 0 Å². The zero-order valence-corrected chi connectivity index (χ0v) is 22.4. The van der Waals surface area contributed by atoms with Crippen LogP contribution in [-0.4, -0.2) is 38.1 Å². The second-order valence-corrected chi connectivity index (χ2v) is 9.27. The summed E-state index contributed by atoms with van der Waals surface area (Å²) in [5.74, 6) is 1.14. The number of carbonyl (C=O) groups is 2. The fraction of sp³-hybridized carbons (Fsp3) is 0.440. The molecule has 2 aromatic rings. The topological polar surface area (TPSA) is 76.7 Å². The quantitative estimate of drug-likeness (QED) is 0.263. The van der Waals surface area contributed by atoms with Crippen molar-refractivity contribution >= 4 is 43.7 Å². The van der Waals surface area contributed by atoms with Crippen molar-refractivity contribution in [3.63, 3.8) is 0 Å². The van der Waals surface area contributed by atoms with Crippen LogP contribution in [0.4, 0.5) is 0 Å². The number of unbranched alkanes of at least 4 members (excludes halogenated alkanes) is 2. The number of benzene rings is 2. The van der Waals surface area contributed by atoms with Crippen LogP contribution in [0.1, 0.15) is 66.7 Å². The molecule has 0 bridgehead atoms. The first kappa shape index (κ1) is 27.2. The van der Waals surface area contributed by atoms with Gasteiger partial charge in [-0.25, -0.2) is 0 Å². The third-order valence-electron chi connectivity index (χ3n) is 4.82. The predicted octanol–water partition coefficient (Wildman–Crippen LogP) is 6.12. The van der Waals surface area contributed by atoms with E-state index in [4.69, 9.17) is 9.47 Å². The van der Waals surface area contributed by atoms with Gasteiger partial charge in [0, 0.05) is 24.2 Å². The molecule has 0 aliphatic carbocycles. The number of rotatable bonds is 14. The molecule has 0 aliphatic heterocycles. The summed E-state index contributed by atoms with van der Waals surface area (Å²) in [6.45, 7) is 6.44.